The number of hydrogen-bond donors (Lipinski definition) is 1. The van der Waals surface area contributed by atoms with Gasteiger partial charge in [-0.05, 0) is 17.7 Å². The maximum absolute atomic E-state index is 13.1. The van der Waals surface area contributed by atoms with Crippen LogP contribution in [0.3, 0.4) is 0 Å². The predicted molar refractivity (Wildman–Crippen MR) is 155 cm³/mol. The molecule has 1 atom stereocenters. The van der Waals surface area contributed by atoms with Gasteiger partial charge >= 0.3 is 0 Å². The van der Waals surface area contributed by atoms with E-state index in [9.17, 15) is 9.59 Å². The van der Waals surface area contributed by atoms with Crippen LogP contribution in [0, 0.1) is 6.92 Å². The van der Waals surface area contributed by atoms with Crippen LogP contribution < -0.4 is 39.4 Å². The van der Waals surface area contributed by atoms with Crippen molar-refractivity contribution in [1.82, 2.24) is 0 Å². The summed E-state index contributed by atoms with van der Waals surface area (Å²) in [5.74, 6) is 1.05. The van der Waals surface area contributed by atoms with Crippen molar-refractivity contribution < 1.29 is 38.0 Å². The smallest absolute Gasteiger partial charge is 0.289 e. The minimum atomic E-state index is -1.78. The minimum absolute atomic E-state index is 0.0538. The third-order valence-electron chi connectivity index (χ3n) is 7.56. The van der Waals surface area contributed by atoms with E-state index in [4.69, 9.17) is 28.4 Å². The molecular formula is C28H37NO8Si2. The zero-order chi connectivity index (χ0) is 28.7. The maximum Gasteiger partial charge on any atom is 0.289 e. The first-order valence-corrected chi connectivity index (χ1v) is 19.2. The molecule has 2 aromatic rings. The summed E-state index contributed by atoms with van der Waals surface area (Å²) in [7, 11) is 2.66. The first-order chi connectivity index (χ1) is 18.4. The average molecular weight is 572 g/mol. The average Bonchev–Trinajstić information content (AvgIpc) is 3.27. The number of aryl methyl sites for hydroxylation is 1. The van der Waals surface area contributed by atoms with Crippen LogP contribution in [0.1, 0.15) is 5.56 Å². The Morgan fingerprint density at radius 3 is 2.08 bits per heavy atom. The fourth-order valence-corrected chi connectivity index (χ4v) is 15.8. The molecule has 2 aromatic carbocycles. The monoisotopic (exact) mass is 571 g/mol. The van der Waals surface area contributed by atoms with Crippen molar-refractivity contribution in [1.29, 1.82) is 0 Å². The molecule has 0 saturated carbocycles. The zero-order valence-corrected chi connectivity index (χ0v) is 26.1. The number of carbonyl (C=O) groups is 2. The summed E-state index contributed by atoms with van der Waals surface area (Å²) in [6.07, 6.45) is -0.232. The third-order valence-corrected chi connectivity index (χ3v) is 15.0. The molecule has 0 radical (unpaired) electrons. The molecule has 0 bridgehead atoms. The molecule has 11 heteroatoms. The van der Waals surface area contributed by atoms with Gasteiger partial charge in [0, 0.05) is 12.1 Å². The molecule has 0 spiro atoms. The van der Waals surface area contributed by atoms with Crippen LogP contribution in [-0.2, 0) is 14.3 Å². The quantitative estimate of drug-likeness (QED) is 0.378. The molecule has 9 nitrogen and oxygen atoms in total. The summed E-state index contributed by atoms with van der Waals surface area (Å²) in [5.41, 5.74) is 1.15. The predicted octanol–water partition coefficient (Wildman–Crippen LogP) is 3.70. The summed E-state index contributed by atoms with van der Waals surface area (Å²) < 4.78 is 33.9. The lowest BCUT2D eigenvalue weighted by atomic mass is 10.2. The first-order valence-electron chi connectivity index (χ1n) is 12.8. The summed E-state index contributed by atoms with van der Waals surface area (Å²) in [6, 6.07) is 7.86. The Bertz CT molecular complexity index is 1330. The van der Waals surface area contributed by atoms with Crippen LogP contribution in [0.5, 0.6) is 28.7 Å². The van der Waals surface area contributed by atoms with Gasteiger partial charge in [-0.3, -0.25) is 9.59 Å². The molecule has 1 N–H and O–H groups in total. The fourth-order valence-electron chi connectivity index (χ4n) is 5.24. The Morgan fingerprint density at radius 2 is 1.51 bits per heavy atom. The first kappa shape index (κ1) is 28.6. The molecule has 2 heterocycles. The summed E-state index contributed by atoms with van der Waals surface area (Å²) in [4.78, 5) is 26.0. The molecular weight excluding hydrogens is 534 g/mol. The number of methoxy groups -OCH3 is 4. The number of nitrogens with one attached hydrogen (secondary N) is 1. The Labute approximate surface area is 231 Å². The number of anilines is 1. The Morgan fingerprint density at radius 1 is 0.897 bits per heavy atom. The normalized spacial score (nSPS) is 18.8. The lowest BCUT2D eigenvalue weighted by molar-refractivity contribution is -0.134. The van der Waals surface area contributed by atoms with Crippen LogP contribution in [0.4, 0.5) is 5.69 Å². The highest BCUT2D eigenvalue weighted by atomic mass is 28.3. The minimum Gasteiger partial charge on any atom is -0.496 e. The van der Waals surface area contributed by atoms with Crippen molar-refractivity contribution in [3.8, 4) is 28.7 Å². The third kappa shape index (κ3) is 5.25. The van der Waals surface area contributed by atoms with Gasteiger partial charge in [0.05, 0.1) is 50.7 Å². The number of fused-ring (bicyclic) bond motifs is 1. The van der Waals surface area contributed by atoms with Crippen LogP contribution in [-0.4, -0.2) is 62.4 Å². The standard InChI is InChI=1S/C28H37NO8Si2/c1-16-12-21-27(39(8,9)11-10-38(21,6)7)26(35-5)24(16)36-22-15-18(30)25(37-22)28(31)29-23-19(33-3)13-17(32-2)14-20(23)34-4/h12-15,25H,10-11H2,1-9H3,(H,29,31). The summed E-state index contributed by atoms with van der Waals surface area (Å²) >= 11 is 0. The van der Waals surface area contributed by atoms with Crippen molar-refractivity contribution in [2.24, 2.45) is 0 Å². The van der Waals surface area contributed by atoms with E-state index in [2.05, 4.69) is 37.6 Å². The molecule has 0 aliphatic carbocycles. The second-order valence-electron chi connectivity index (χ2n) is 11.1. The second kappa shape index (κ2) is 10.6. The van der Waals surface area contributed by atoms with Crippen molar-refractivity contribution in [3.05, 3.63) is 35.8 Å². The van der Waals surface area contributed by atoms with E-state index in [1.54, 1.807) is 19.2 Å². The highest BCUT2D eigenvalue weighted by Gasteiger charge is 2.44. The number of hydrogen-bond acceptors (Lipinski definition) is 8. The SMILES string of the molecule is COc1cc(OC)c(NC(=O)C2OC(Oc3c(C)cc4c(c3OC)[Si](C)(C)CC[Si]4(C)C)=CC2=O)c(OC)c1. The number of rotatable bonds is 8. The molecule has 39 heavy (non-hydrogen) atoms. The van der Waals surface area contributed by atoms with Gasteiger partial charge in [-0.1, -0.05) is 49.5 Å². The fraction of sp³-hybridized carbons (Fsp3) is 0.429. The lowest BCUT2D eigenvalue weighted by Gasteiger charge is -2.41. The zero-order valence-electron chi connectivity index (χ0n) is 24.1. The lowest BCUT2D eigenvalue weighted by Crippen LogP contribution is -2.63. The van der Waals surface area contributed by atoms with E-state index in [0.29, 0.717) is 28.7 Å². The number of ether oxygens (including phenoxy) is 6. The van der Waals surface area contributed by atoms with Gasteiger partial charge in [0.2, 0.25) is 11.9 Å². The van der Waals surface area contributed by atoms with Crippen molar-refractivity contribution in [2.75, 3.05) is 33.8 Å². The molecule has 1 amide bonds. The second-order valence-corrected chi connectivity index (χ2v) is 20.7. The van der Waals surface area contributed by atoms with E-state index >= 15 is 0 Å². The van der Waals surface area contributed by atoms with Gasteiger partial charge < -0.3 is 33.7 Å². The molecule has 0 saturated heterocycles. The number of benzene rings is 2. The topological polar surface area (TPSA) is 102 Å². The van der Waals surface area contributed by atoms with Crippen molar-refractivity contribution in [2.45, 2.75) is 51.3 Å². The van der Waals surface area contributed by atoms with Gasteiger partial charge in [0.25, 0.3) is 11.9 Å². The van der Waals surface area contributed by atoms with Gasteiger partial charge in [0.15, 0.2) is 11.5 Å². The van der Waals surface area contributed by atoms with Crippen molar-refractivity contribution in [3.63, 3.8) is 0 Å². The van der Waals surface area contributed by atoms with Crippen LogP contribution in [0.2, 0.25) is 38.3 Å². The van der Waals surface area contributed by atoms with E-state index in [-0.39, 0.29) is 11.6 Å². The Kier molecular flexibility index (Phi) is 7.77. The van der Waals surface area contributed by atoms with Crippen molar-refractivity contribution >= 4 is 43.9 Å². The maximum atomic E-state index is 13.1. The Balaban J connectivity index is 1.60. The highest BCUT2D eigenvalue weighted by molar-refractivity contribution is 7.03. The van der Waals surface area contributed by atoms with E-state index < -0.39 is 33.9 Å². The molecule has 2 aliphatic heterocycles. The number of carbonyl (C=O) groups excluding carboxylic acids is 2. The van der Waals surface area contributed by atoms with Gasteiger partial charge in [0.1, 0.15) is 22.9 Å². The summed E-state index contributed by atoms with van der Waals surface area (Å²) in [6.45, 7) is 11.5. The van der Waals surface area contributed by atoms with Crippen LogP contribution in [0.25, 0.3) is 0 Å². The molecule has 0 aromatic heterocycles. The van der Waals surface area contributed by atoms with Crippen LogP contribution in [0.15, 0.2) is 30.2 Å². The summed E-state index contributed by atoms with van der Waals surface area (Å²) in [5, 5.41) is 5.39. The molecule has 1 unspecified atom stereocenters. The molecule has 210 valence electrons. The van der Waals surface area contributed by atoms with Crippen LogP contribution >= 0.6 is 0 Å². The highest BCUT2D eigenvalue weighted by Crippen LogP contribution is 2.40. The molecule has 2 aliphatic rings. The van der Waals surface area contributed by atoms with Gasteiger partial charge in [-0.15, -0.1) is 0 Å². The number of amides is 1. The Hall–Kier alpha value is -3.45. The number of ketones is 1. The molecule has 4 rings (SSSR count). The van der Waals surface area contributed by atoms with E-state index in [1.807, 2.05) is 6.92 Å². The van der Waals surface area contributed by atoms with Gasteiger partial charge in [-0.25, -0.2) is 0 Å². The van der Waals surface area contributed by atoms with Gasteiger partial charge in [-0.2, -0.15) is 0 Å². The molecule has 0 fully saturated rings. The van der Waals surface area contributed by atoms with E-state index in [0.717, 1.165) is 5.56 Å². The van der Waals surface area contributed by atoms with E-state index in [1.165, 1.54) is 49.9 Å². The largest absolute Gasteiger partial charge is 0.496 e.